The summed E-state index contributed by atoms with van der Waals surface area (Å²) in [5, 5.41) is 0. The van der Waals surface area contributed by atoms with Gasteiger partial charge in [0.15, 0.2) is 0 Å². The van der Waals surface area contributed by atoms with Crippen molar-refractivity contribution in [1.29, 1.82) is 0 Å². The number of aromatic nitrogens is 1. The van der Waals surface area contributed by atoms with Crippen molar-refractivity contribution in [3.8, 4) is 0 Å². The van der Waals surface area contributed by atoms with Gasteiger partial charge >= 0.3 is 0 Å². The summed E-state index contributed by atoms with van der Waals surface area (Å²) in [6, 6.07) is 3.48. The lowest BCUT2D eigenvalue weighted by atomic mass is 10.2. The molecule has 0 saturated carbocycles. The molecule has 14 heavy (non-hydrogen) atoms. The van der Waals surface area contributed by atoms with Crippen molar-refractivity contribution in [2.45, 2.75) is 13.0 Å². The van der Waals surface area contributed by atoms with Gasteiger partial charge in [-0.3, -0.25) is 9.17 Å². The fourth-order valence-corrected chi connectivity index (χ4v) is 1.93. The molecule has 1 rings (SSSR count). The second-order valence-corrected chi connectivity index (χ2v) is 5.36. The van der Waals surface area contributed by atoms with Crippen molar-refractivity contribution in [3.05, 3.63) is 28.5 Å². The number of rotatable bonds is 3. The van der Waals surface area contributed by atoms with Crippen LogP contribution in [0.4, 0.5) is 0 Å². The van der Waals surface area contributed by atoms with Gasteiger partial charge in [0, 0.05) is 10.7 Å². The maximum Gasteiger partial charge on any atom is 0.265 e. The first kappa shape index (κ1) is 11.6. The zero-order valence-corrected chi connectivity index (χ0v) is 10.2. The third kappa shape index (κ3) is 3.73. The van der Waals surface area contributed by atoms with E-state index in [0.717, 1.165) is 10.7 Å². The van der Waals surface area contributed by atoms with E-state index in [2.05, 4.69) is 20.9 Å². The number of hydrogen-bond donors (Lipinski definition) is 0. The molecule has 1 heterocycles. The van der Waals surface area contributed by atoms with Crippen molar-refractivity contribution < 1.29 is 12.6 Å². The van der Waals surface area contributed by atoms with E-state index in [1.807, 2.05) is 0 Å². The lowest BCUT2D eigenvalue weighted by Gasteiger charge is -2.09. The van der Waals surface area contributed by atoms with Crippen molar-refractivity contribution >= 4 is 26.0 Å². The highest BCUT2D eigenvalue weighted by Gasteiger charge is 2.13. The summed E-state index contributed by atoms with van der Waals surface area (Å²) in [5.41, 5.74) is 0.574. The Morgan fingerprint density at radius 1 is 1.57 bits per heavy atom. The predicted molar refractivity (Wildman–Crippen MR) is 56.3 cm³/mol. The molecule has 4 nitrogen and oxygen atoms in total. The molecule has 0 aliphatic carbocycles. The topological polar surface area (TPSA) is 56.3 Å². The highest BCUT2D eigenvalue weighted by Crippen LogP contribution is 2.19. The molecule has 1 aromatic heterocycles. The van der Waals surface area contributed by atoms with E-state index >= 15 is 0 Å². The summed E-state index contributed by atoms with van der Waals surface area (Å²) < 4.78 is 27.3. The Morgan fingerprint density at radius 2 is 2.21 bits per heavy atom. The van der Waals surface area contributed by atoms with Crippen LogP contribution in [0.2, 0.25) is 0 Å². The molecule has 0 fully saturated rings. The van der Waals surface area contributed by atoms with E-state index in [0.29, 0.717) is 5.69 Å². The lowest BCUT2D eigenvalue weighted by molar-refractivity contribution is 0.231. The average Bonchev–Trinajstić information content (AvgIpc) is 2.01. The van der Waals surface area contributed by atoms with E-state index in [4.69, 9.17) is 4.18 Å². The van der Waals surface area contributed by atoms with Gasteiger partial charge in [-0.05, 0) is 19.1 Å². The predicted octanol–water partition coefficient (Wildman–Crippen LogP) is 1.88. The minimum Gasteiger partial charge on any atom is -0.261 e. The SMILES string of the molecule is C[C@@H](OS(C)(=O)=O)c1cc(Br)ccn1. The molecule has 0 N–H and O–H groups in total. The van der Waals surface area contributed by atoms with E-state index in [-0.39, 0.29) is 0 Å². The molecule has 1 atom stereocenters. The maximum atomic E-state index is 10.8. The molecule has 0 radical (unpaired) electrons. The summed E-state index contributed by atoms with van der Waals surface area (Å²) in [4.78, 5) is 4.00. The minimum absolute atomic E-state index is 0.567. The molecule has 1 aromatic rings. The molecule has 6 heteroatoms. The van der Waals surface area contributed by atoms with Crippen LogP contribution in [0.3, 0.4) is 0 Å². The van der Waals surface area contributed by atoms with Crippen LogP contribution >= 0.6 is 15.9 Å². The Bertz CT molecular complexity index is 418. The molecule has 0 aliphatic rings. The molecule has 0 saturated heterocycles. The van der Waals surface area contributed by atoms with Gasteiger partial charge in [-0.25, -0.2) is 0 Å². The van der Waals surface area contributed by atoms with Crippen molar-refractivity contribution in [3.63, 3.8) is 0 Å². The molecule has 0 bridgehead atoms. The van der Waals surface area contributed by atoms with Gasteiger partial charge in [0.25, 0.3) is 10.1 Å². The highest BCUT2D eigenvalue weighted by molar-refractivity contribution is 9.10. The summed E-state index contributed by atoms with van der Waals surface area (Å²) in [6.07, 6.45) is 2.03. The fraction of sp³-hybridized carbons (Fsp3) is 0.375. The molecule has 0 aromatic carbocycles. The molecule has 78 valence electrons. The second-order valence-electron chi connectivity index (χ2n) is 2.84. The third-order valence-corrected chi connectivity index (χ3v) is 2.61. The van der Waals surface area contributed by atoms with Crippen molar-refractivity contribution in [2.24, 2.45) is 0 Å². The summed E-state index contributed by atoms with van der Waals surface area (Å²) in [7, 11) is -3.44. The van der Waals surface area contributed by atoms with Crippen LogP contribution in [0.15, 0.2) is 22.8 Å². The molecule has 0 amide bonds. The number of pyridine rings is 1. The van der Waals surface area contributed by atoms with Crippen LogP contribution < -0.4 is 0 Å². The number of hydrogen-bond acceptors (Lipinski definition) is 4. The van der Waals surface area contributed by atoms with Gasteiger partial charge in [0.05, 0.1) is 11.9 Å². The Hall–Kier alpha value is -0.460. The van der Waals surface area contributed by atoms with Gasteiger partial charge in [0.2, 0.25) is 0 Å². The second kappa shape index (κ2) is 4.37. The Morgan fingerprint density at radius 3 is 2.71 bits per heavy atom. The Labute approximate surface area is 91.6 Å². The van der Waals surface area contributed by atoms with Crippen LogP contribution in [0.1, 0.15) is 18.7 Å². The van der Waals surface area contributed by atoms with E-state index < -0.39 is 16.2 Å². The quantitative estimate of drug-likeness (QED) is 0.793. The molecular weight excluding hydrogens is 270 g/mol. The summed E-state index contributed by atoms with van der Waals surface area (Å²) in [5.74, 6) is 0. The first-order chi connectivity index (χ1) is 6.38. The first-order valence-corrected chi connectivity index (χ1v) is 6.49. The van der Waals surface area contributed by atoms with Gasteiger partial charge in [-0.15, -0.1) is 0 Å². The van der Waals surface area contributed by atoms with Gasteiger partial charge in [-0.1, -0.05) is 15.9 Å². The van der Waals surface area contributed by atoms with Gasteiger partial charge < -0.3 is 0 Å². The standard InChI is InChI=1S/C8H10BrNO3S/c1-6(13-14(2,11)12)8-5-7(9)3-4-10-8/h3-6H,1-2H3/t6-/m1/s1. The molecule has 0 aliphatic heterocycles. The maximum absolute atomic E-state index is 10.8. The van der Waals surface area contributed by atoms with Crippen LogP contribution in [-0.4, -0.2) is 19.7 Å². The average molecular weight is 280 g/mol. The van der Waals surface area contributed by atoms with E-state index in [9.17, 15) is 8.42 Å². The van der Waals surface area contributed by atoms with Crippen LogP contribution in [-0.2, 0) is 14.3 Å². The molecular formula is C8H10BrNO3S. The van der Waals surface area contributed by atoms with Crippen LogP contribution in [0, 0.1) is 0 Å². The van der Waals surface area contributed by atoms with E-state index in [1.165, 1.54) is 0 Å². The Kier molecular flexibility index (Phi) is 3.63. The largest absolute Gasteiger partial charge is 0.265 e. The van der Waals surface area contributed by atoms with Gasteiger partial charge in [0.1, 0.15) is 6.10 Å². The van der Waals surface area contributed by atoms with Crippen molar-refractivity contribution in [1.82, 2.24) is 4.98 Å². The molecule has 0 unspecified atom stereocenters. The molecule has 0 spiro atoms. The Balaban J connectivity index is 2.85. The minimum atomic E-state index is -3.44. The summed E-state index contributed by atoms with van der Waals surface area (Å²) >= 11 is 3.27. The van der Waals surface area contributed by atoms with E-state index in [1.54, 1.807) is 25.3 Å². The lowest BCUT2D eigenvalue weighted by Crippen LogP contribution is -2.08. The zero-order chi connectivity index (χ0) is 10.8. The first-order valence-electron chi connectivity index (χ1n) is 3.88. The van der Waals surface area contributed by atoms with Crippen LogP contribution in [0.5, 0.6) is 0 Å². The van der Waals surface area contributed by atoms with Gasteiger partial charge in [-0.2, -0.15) is 8.42 Å². The number of nitrogens with zero attached hydrogens (tertiary/aromatic N) is 1. The summed E-state index contributed by atoms with van der Waals surface area (Å²) in [6.45, 7) is 1.63. The highest BCUT2D eigenvalue weighted by atomic mass is 79.9. The van der Waals surface area contributed by atoms with Crippen LogP contribution in [0.25, 0.3) is 0 Å². The fourth-order valence-electron chi connectivity index (χ4n) is 0.955. The third-order valence-electron chi connectivity index (χ3n) is 1.48. The van der Waals surface area contributed by atoms with Crippen molar-refractivity contribution in [2.75, 3.05) is 6.26 Å². The normalized spacial score (nSPS) is 13.9. The zero-order valence-electron chi connectivity index (χ0n) is 7.77. The number of halogens is 1. The smallest absolute Gasteiger partial charge is 0.261 e. The monoisotopic (exact) mass is 279 g/mol.